The number of nitrogens with one attached hydrogen (secondary N) is 2. The molecule has 0 unspecified atom stereocenters. The van der Waals surface area contributed by atoms with Gasteiger partial charge in [-0.25, -0.2) is 5.43 Å². The number of phenolic OH excluding ortho intramolecular Hbond substituents is 1. The van der Waals surface area contributed by atoms with Crippen molar-refractivity contribution in [2.24, 2.45) is 5.10 Å². The lowest BCUT2D eigenvalue weighted by molar-refractivity contribution is -0.385. The van der Waals surface area contributed by atoms with Gasteiger partial charge in [0.2, 0.25) is 0 Å². The molecular weight excluding hydrogens is 256 g/mol. The maximum atomic E-state index is 11.0. The Kier molecular flexibility index (Phi) is 4.52. The number of aromatic hydroxyl groups is 1. The molecule has 1 rings (SSSR count). The molecule has 0 saturated heterocycles. The number of phenols is 1. The smallest absolute Gasteiger partial charge is 0.329 e. The zero-order valence-corrected chi connectivity index (χ0v) is 9.78. The van der Waals surface area contributed by atoms with E-state index in [1.807, 2.05) is 5.43 Å². The number of nitro groups is 1. The predicted molar refractivity (Wildman–Crippen MR) is 64.6 cm³/mol. The summed E-state index contributed by atoms with van der Waals surface area (Å²) in [6.07, 6.45) is 1.10. The molecule has 9 nitrogen and oxygen atoms in total. The molecule has 3 N–H and O–H groups in total. The Labute approximate surface area is 107 Å². The van der Waals surface area contributed by atoms with E-state index in [1.54, 1.807) is 0 Å². The van der Waals surface area contributed by atoms with Crippen molar-refractivity contribution >= 4 is 23.7 Å². The number of nitrogens with zero attached hydrogens (tertiary/aromatic N) is 2. The topological polar surface area (TPSA) is 134 Å². The van der Waals surface area contributed by atoms with Crippen LogP contribution in [-0.4, -0.2) is 35.1 Å². The van der Waals surface area contributed by atoms with Crippen molar-refractivity contribution in [3.63, 3.8) is 0 Å². The molecule has 9 heteroatoms. The van der Waals surface area contributed by atoms with Crippen LogP contribution in [0.15, 0.2) is 23.3 Å². The fourth-order valence-electron chi connectivity index (χ4n) is 1.10. The SMILES string of the molecule is CNC(=O)C(=O)N/N=C\c1ccc(O)c([N+](=O)[O-])c1. The van der Waals surface area contributed by atoms with E-state index in [1.165, 1.54) is 13.1 Å². The van der Waals surface area contributed by atoms with E-state index in [2.05, 4.69) is 10.4 Å². The van der Waals surface area contributed by atoms with Crippen LogP contribution in [0.25, 0.3) is 0 Å². The molecule has 1 aromatic rings. The summed E-state index contributed by atoms with van der Waals surface area (Å²) in [5, 5.41) is 25.3. The van der Waals surface area contributed by atoms with Crippen LogP contribution >= 0.6 is 0 Å². The summed E-state index contributed by atoms with van der Waals surface area (Å²) in [6, 6.07) is 3.56. The van der Waals surface area contributed by atoms with Gasteiger partial charge < -0.3 is 10.4 Å². The summed E-state index contributed by atoms with van der Waals surface area (Å²) in [5.41, 5.74) is 1.73. The Morgan fingerprint density at radius 3 is 2.68 bits per heavy atom. The molecule has 2 amide bonds. The third kappa shape index (κ3) is 3.77. The number of hydrogen-bond donors (Lipinski definition) is 3. The van der Waals surface area contributed by atoms with Crippen molar-refractivity contribution in [1.82, 2.24) is 10.7 Å². The van der Waals surface area contributed by atoms with Crippen LogP contribution in [0.1, 0.15) is 5.56 Å². The van der Waals surface area contributed by atoms with Gasteiger partial charge >= 0.3 is 17.5 Å². The van der Waals surface area contributed by atoms with Gasteiger partial charge in [-0.05, 0) is 12.1 Å². The second-order valence-corrected chi connectivity index (χ2v) is 3.28. The zero-order valence-electron chi connectivity index (χ0n) is 9.78. The number of rotatable bonds is 3. The fraction of sp³-hybridized carbons (Fsp3) is 0.100. The normalized spacial score (nSPS) is 10.2. The van der Waals surface area contributed by atoms with Crippen molar-refractivity contribution in [2.75, 3.05) is 7.05 Å². The molecule has 0 bridgehead atoms. The second-order valence-electron chi connectivity index (χ2n) is 3.28. The molecule has 0 atom stereocenters. The van der Waals surface area contributed by atoms with E-state index in [9.17, 15) is 24.8 Å². The monoisotopic (exact) mass is 266 g/mol. The van der Waals surface area contributed by atoms with Gasteiger partial charge in [-0.1, -0.05) is 0 Å². The molecule has 0 aliphatic carbocycles. The van der Waals surface area contributed by atoms with Gasteiger partial charge in [0, 0.05) is 18.7 Å². The van der Waals surface area contributed by atoms with Crippen LogP contribution in [-0.2, 0) is 9.59 Å². The van der Waals surface area contributed by atoms with Crippen molar-refractivity contribution in [2.45, 2.75) is 0 Å². The summed E-state index contributed by atoms with van der Waals surface area (Å²) in [5.74, 6) is -2.31. The minimum Gasteiger partial charge on any atom is -0.502 e. The van der Waals surface area contributed by atoms with Crippen LogP contribution in [0.3, 0.4) is 0 Å². The Hall–Kier alpha value is -2.97. The Balaban J connectivity index is 2.78. The number of benzene rings is 1. The van der Waals surface area contributed by atoms with Crippen molar-refractivity contribution in [3.8, 4) is 5.75 Å². The first kappa shape index (κ1) is 14.1. The summed E-state index contributed by atoms with van der Waals surface area (Å²) < 4.78 is 0. The third-order valence-corrected chi connectivity index (χ3v) is 2.01. The largest absolute Gasteiger partial charge is 0.502 e. The molecule has 0 aliphatic heterocycles. The lowest BCUT2D eigenvalue weighted by atomic mass is 10.2. The highest BCUT2D eigenvalue weighted by atomic mass is 16.6. The summed E-state index contributed by atoms with van der Waals surface area (Å²) in [4.78, 5) is 31.6. The van der Waals surface area contributed by atoms with E-state index in [-0.39, 0.29) is 5.56 Å². The van der Waals surface area contributed by atoms with Gasteiger partial charge in [-0.15, -0.1) is 0 Å². The van der Waals surface area contributed by atoms with Crippen LogP contribution in [0.5, 0.6) is 5.75 Å². The molecule has 0 saturated carbocycles. The average molecular weight is 266 g/mol. The maximum Gasteiger partial charge on any atom is 0.329 e. The van der Waals surface area contributed by atoms with Gasteiger partial charge in [0.1, 0.15) is 0 Å². The summed E-state index contributed by atoms with van der Waals surface area (Å²) >= 11 is 0. The Morgan fingerprint density at radius 2 is 2.11 bits per heavy atom. The fourth-order valence-corrected chi connectivity index (χ4v) is 1.10. The Morgan fingerprint density at radius 1 is 1.42 bits per heavy atom. The van der Waals surface area contributed by atoms with Crippen molar-refractivity contribution < 1.29 is 19.6 Å². The number of amides is 2. The molecule has 0 aromatic heterocycles. The highest BCUT2D eigenvalue weighted by molar-refractivity contribution is 6.34. The van der Waals surface area contributed by atoms with E-state index >= 15 is 0 Å². The molecule has 1 aromatic carbocycles. The summed E-state index contributed by atoms with van der Waals surface area (Å²) in [6.45, 7) is 0. The van der Waals surface area contributed by atoms with Crippen LogP contribution in [0.2, 0.25) is 0 Å². The average Bonchev–Trinajstić information content (AvgIpc) is 2.39. The van der Waals surface area contributed by atoms with Crippen LogP contribution in [0, 0.1) is 10.1 Å². The number of nitro benzene ring substituents is 1. The number of hydrogen-bond acceptors (Lipinski definition) is 6. The number of hydrazone groups is 1. The van der Waals surface area contributed by atoms with Crippen molar-refractivity contribution in [3.05, 3.63) is 33.9 Å². The van der Waals surface area contributed by atoms with Crippen LogP contribution in [0.4, 0.5) is 5.69 Å². The molecule has 100 valence electrons. The molecule has 0 heterocycles. The molecule has 19 heavy (non-hydrogen) atoms. The lowest BCUT2D eigenvalue weighted by Gasteiger charge is -1.98. The molecule has 0 fully saturated rings. The van der Waals surface area contributed by atoms with E-state index < -0.39 is 28.2 Å². The molecule has 0 aliphatic rings. The highest BCUT2D eigenvalue weighted by Crippen LogP contribution is 2.25. The molecule has 0 radical (unpaired) electrons. The first-order chi connectivity index (χ1) is 8.95. The van der Waals surface area contributed by atoms with Gasteiger partial charge in [0.15, 0.2) is 5.75 Å². The minimum absolute atomic E-state index is 0.279. The quantitative estimate of drug-likeness (QED) is 0.293. The Bertz CT molecular complexity index is 555. The van der Waals surface area contributed by atoms with E-state index in [0.717, 1.165) is 18.3 Å². The number of carbonyl (C=O) groups excluding carboxylic acids is 2. The maximum absolute atomic E-state index is 11.0. The van der Waals surface area contributed by atoms with Crippen molar-refractivity contribution in [1.29, 1.82) is 0 Å². The van der Waals surface area contributed by atoms with Gasteiger partial charge in [-0.2, -0.15) is 5.10 Å². The predicted octanol–water partition coefficient (Wildman–Crippen LogP) is -0.503. The van der Waals surface area contributed by atoms with Crippen LogP contribution < -0.4 is 10.7 Å². The molecule has 0 spiro atoms. The lowest BCUT2D eigenvalue weighted by Crippen LogP contribution is -2.35. The standard InChI is InChI=1S/C10H10N4O5/c1-11-9(16)10(17)13-12-5-6-2-3-8(15)7(4-6)14(18)19/h2-5,15H,1H3,(H,11,16)(H,13,17)/b12-5-. The first-order valence-electron chi connectivity index (χ1n) is 4.98. The van der Waals surface area contributed by atoms with Gasteiger partial charge in [0.05, 0.1) is 11.1 Å². The highest BCUT2D eigenvalue weighted by Gasteiger charge is 2.13. The third-order valence-electron chi connectivity index (χ3n) is 2.01. The molecular formula is C10H10N4O5. The van der Waals surface area contributed by atoms with E-state index in [4.69, 9.17) is 0 Å². The second kappa shape index (κ2) is 6.10. The van der Waals surface area contributed by atoms with Gasteiger partial charge in [-0.3, -0.25) is 19.7 Å². The minimum atomic E-state index is -0.966. The van der Waals surface area contributed by atoms with E-state index in [0.29, 0.717) is 0 Å². The first-order valence-corrected chi connectivity index (χ1v) is 4.98. The number of likely N-dealkylation sites (N-methyl/N-ethyl adjacent to an activating group) is 1. The zero-order chi connectivity index (χ0) is 14.4. The number of carbonyl (C=O) groups is 2. The van der Waals surface area contributed by atoms with Gasteiger partial charge in [0.25, 0.3) is 0 Å². The summed E-state index contributed by atoms with van der Waals surface area (Å²) in [7, 11) is 1.29.